The van der Waals surface area contributed by atoms with Crippen LogP contribution in [-0.4, -0.2) is 32.7 Å². The highest BCUT2D eigenvalue weighted by Gasteiger charge is 2.38. The number of nitrogens with one attached hydrogen (secondary N) is 1. The van der Waals surface area contributed by atoms with Crippen LogP contribution in [0.4, 0.5) is 0 Å². The molecule has 2 N–H and O–H groups in total. The molecular weight excluding hydrogens is 322 g/mol. The third-order valence-electron chi connectivity index (χ3n) is 3.55. The van der Waals surface area contributed by atoms with Crippen LogP contribution in [0.25, 0.3) is 0 Å². The van der Waals surface area contributed by atoms with E-state index in [4.69, 9.17) is 11.6 Å². The van der Waals surface area contributed by atoms with E-state index >= 15 is 0 Å². The monoisotopic (exact) mass is 339 g/mol. The number of halogens is 2. The zero-order chi connectivity index (χ0) is 12.4. The largest absolute Gasteiger partial charge is 0.391 e. The minimum atomic E-state index is -0.315. The Kier molecular flexibility index (Phi) is 5.25. The molecule has 0 aromatic carbocycles. The van der Waals surface area contributed by atoms with E-state index in [2.05, 4.69) is 40.3 Å². The van der Waals surface area contributed by atoms with E-state index < -0.39 is 0 Å². The molecule has 2 nitrogen and oxygen atoms in total. The minimum absolute atomic E-state index is 0.136. The fourth-order valence-electron chi connectivity index (χ4n) is 2.50. The first-order valence-corrected chi connectivity index (χ1v) is 8.49. The lowest BCUT2D eigenvalue weighted by molar-refractivity contribution is 0.0876. The summed E-state index contributed by atoms with van der Waals surface area (Å²) >= 11 is 11.3. The van der Waals surface area contributed by atoms with E-state index in [-0.39, 0.29) is 18.1 Å². The third-order valence-corrected chi connectivity index (χ3v) is 6.26. The maximum Gasteiger partial charge on any atom is 0.0794 e. The Morgan fingerprint density at radius 1 is 1.53 bits per heavy atom. The highest BCUT2D eigenvalue weighted by atomic mass is 79.9. The number of alkyl halides is 2. The Labute approximate surface area is 121 Å². The lowest BCUT2D eigenvalue weighted by Crippen LogP contribution is -2.45. The molecular formula is C12H19BrClNOS. The summed E-state index contributed by atoms with van der Waals surface area (Å²) in [7, 11) is 0. The Morgan fingerprint density at radius 2 is 2.29 bits per heavy atom. The molecule has 6 unspecified atom stereocenters. The summed E-state index contributed by atoms with van der Waals surface area (Å²) in [5, 5.41) is 14.3. The van der Waals surface area contributed by atoms with Gasteiger partial charge in [0.2, 0.25) is 0 Å². The van der Waals surface area contributed by atoms with Crippen molar-refractivity contribution < 1.29 is 5.11 Å². The summed E-state index contributed by atoms with van der Waals surface area (Å²) in [6.45, 7) is 2.13. The van der Waals surface area contributed by atoms with E-state index in [1.807, 2.05) is 11.8 Å². The van der Waals surface area contributed by atoms with E-state index in [9.17, 15) is 5.11 Å². The maximum atomic E-state index is 10.4. The molecule has 0 aromatic rings. The smallest absolute Gasteiger partial charge is 0.0794 e. The van der Waals surface area contributed by atoms with Crippen molar-refractivity contribution in [3.05, 3.63) is 12.2 Å². The van der Waals surface area contributed by atoms with Gasteiger partial charge in [-0.25, -0.2) is 0 Å². The summed E-state index contributed by atoms with van der Waals surface area (Å²) in [5.74, 6) is 1.44. The van der Waals surface area contributed by atoms with Crippen molar-refractivity contribution in [2.45, 2.75) is 41.4 Å². The fraction of sp³-hybridized carbons (Fsp3) is 0.833. The number of aliphatic hydroxyl groups excluding tert-OH is 1. The quantitative estimate of drug-likeness (QED) is 0.612. The molecule has 1 aliphatic carbocycles. The number of allylic oxidation sites excluding steroid dienone is 1. The Bertz CT molecular complexity index is 292. The molecule has 1 aliphatic heterocycles. The number of thioether (sulfide) groups is 1. The number of hydrogen-bond acceptors (Lipinski definition) is 3. The first kappa shape index (κ1) is 14.2. The van der Waals surface area contributed by atoms with Gasteiger partial charge in [-0.1, -0.05) is 28.1 Å². The van der Waals surface area contributed by atoms with Gasteiger partial charge in [0.25, 0.3) is 0 Å². The summed E-state index contributed by atoms with van der Waals surface area (Å²) in [5.41, 5.74) is 0. The third kappa shape index (κ3) is 3.41. The maximum absolute atomic E-state index is 10.4. The van der Waals surface area contributed by atoms with Crippen molar-refractivity contribution >= 4 is 39.3 Å². The van der Waals surface area contributed by atoms with Crippen LogP contribution in [0, 0.1) is 11.8 Å². The predicted molar refractivity (Wildman–Crippen MR) is 78.8 cm³/mol. The molecule has 6 atom stereocenters. The second kappa shape index (κ2) is 6.29. The molecule has 2 aliphatic rings. The average Bonchev–Trinajstić information content (AvgIpc) is 2.68. The van der Waals surface area contributed by atoms with Crippen molar-refractivity contribution in [3.63, 3.8) is 0 Å². The molecule has 1 saturated heterocycles. The van der Waals surface area contributed by atoms with Gasteiger partial charge in [-0.3, -0.25) is 5.32 Å². The SMILES string of the molecule is CC1NC(C(O)C2C=CC(CCl)CC2)C(Br)S1. The molecule has 0 aromatic heterocycles. The topological polar surface area (TPSA) is 32.3 Å². The Balaban J connectivity index is 1.94. The van der Waals surface area contributed by atoms with Crippen molar-refractivity contribution in [1.82, 2.24) is 5.32 Å². The number of rotatable bonds is 3. The minimum Gasteiger partial charge on any atom is -0.391 e. The van der Waals surface area contributed by atoms with Crippen LogP contribution in [0.15, 0.2) is 12.2 Å². The first-order valence-electron chi connectivity index (χ1n) is 6.09. The number of aliphatic hydroxyl groups is 1. The zero-order valence-electron chi connectivity index (χ0n) is 9.85. The average molecular weight is 341 g/mol. The summed E-state index contributed by atoms with van der Waals surface area (Å²) in [6.07, 6.45) is 6.12. The van der Waals surface area contributed by atoms with Gasteiger partial charge in [0.05, 0.1) is 21.7 Å². The second-order valence-electron chi connectivity index (χ2n) is 4.85. The molecule has 2 rings (SSSR count). The molecule has 5 heteroatoms. The highest BCUT2D eigenvalue weighted by Crippen LogP contribution is 2.36. The van der Waals surface area contributed by atoms with Crippen molar-refractivity contribution in [1.29, 1.82) is 0 Å². The molecule has 1 heterocycles. The Morgan fingerprint density at radius 3 is 2.76 bits per heavy atom. The molecule has 0 amide bonds. The lowest BCUT2D eigenvalue weighted by atomic mass is 9.84. The van der Waals surface area contributed by atoms with Gasteiger partial charge in [0, 0.05) is 11.8 Å². The van der Waals surface area contributed by atoms with Gasteiger partial charge < -0.3 is 5.11 Å². The van der Waals surface area contributed by atoms with Crippen LogP contribution in [-0.2, 0) is 0 Å². The van der Waals surface area contributed by atoms with E-state index in [0.29, 0.717) is 21.3 Å². The molecule has 0 bridgehead atoms. The predicted octanol–water partition coefficient (Wildman–Crippen LogP) is 2.94. The molecule has 1 fully saturated rings. The second-order valence-corrected chi connectivity index (χ2v) is 8.24. The van der Waals surface area contributed by atoms with Gasteiger partial charge in [-0.05, 0) is 25.7 Å². The molecule has 0 radical (unpaired) electrons. The van der Waals surface area contributed by atoms with Crippen LogP contribution in [0.5, 0.6) is 0 Å². The van der Waals surface area contributed by atoms with Gasteiger partial charge in [-0.15, -0.1) is 23.4 Å². The summed E-state index contributed by atoms with van der Waals surface area (Å²) in [4.78, 5) is 0. The first-order chi connectivity index (χ1) is 8.11. The van der Waals surface area contributed by atoms with E-state index in [1.54, 1.807) is 0 Å². The van der Waals surface area contributed by atoms with Crippen LogP contribution in [0.3, 0.4) is 0 Å². The van der Waals surface area contributed by atoms with Gasteiger partial charge in [-0.2, -0.15) is 0 Å². The van der Waals surface area contributed by atoms with Crippen LogP contribution < -0.4 is 5.32 Å². The van der Waals surface area contributed by atoms with Crippen molar-refractivity contribution in [2.75, 3.05) is 5.88 Å². The van der Waals surface area contributed by atoms with Gasteiger partial charge >= 0.3 is 0 Å². The molecule has 98 valence electrons. The van der Waals surface area contributed by atoms with Crippen molar-refractivity contribution in [3.8, 4) is 0 Å². The normalized spacial score (nSPS) is 43.9. The lowest BCUT2D eigenvalue weighted by Gasteiger charge is -2.30. The zero-order valence-corrected chi connectivity index (χ0v) is 13.0. The summed E-state index contributed by atoms with van der Waals surface area (Å²) < 4.78 is 0.298. The number of hydrogen-bond donors (Lipinski definition) is 2. The summed E-state index contributed by atoms with van der Waals surface area (Å²) in [6, 6.07) is 0.136. The standard InChI is InChI=1S/C12H19BrClNOS/c1-7-15-10(12(13)17-7)11(16)9-4-2-8(6-14)3-5-9/h2,4,7-12,15-16H,3,5-6H2,1H3. The molecule has 0 saturated carbocycles. The van der Waals surface area contributed by atoms with E-state index in [1.165, 1.54) is 0 Å². The van der Waals surface area contributed by atoms with Crippen molar-refractivity contribution in [2.24, 2.45) is 11.8 Å². The van der Waals surface area contributed by atoms with Crippen LogP contribution >= 0.6 is 39.3 Å². The molecule has 17 heavy (non-hydrogen) atoms. The van der Waals surface area contributed by atoms with Crippen LogP contribution in [0.2, 0.25) is 0 Å². The van der Waals surface area contributed by atoms with Gasteiger partial charge in [0.15, 0.2) is 0 Å². The fourth-order valence-corrected chi connectivity index (χ4v) is 5.23. The highest BCUT2D eigenvalue weighted by molar-refractivity contribution is 9.11. The van der Waals surface area contributed by atoms with Crippen LogP contribution in [0.1, 0.15) is 19.8 Å². The van der Waals surface area contributed by atoms with Gasteiger partial charge in [0.1, 0.15) is 0 Å². The van der Waals surface area contributed by atoms with E-state index in [0.717, 1.165) is 12.8 Å². The molecule has 0 spiro atoms. The Hall–Kier alpha value is 0.780.